The average molecular weight is 173 g/mol. The fourth-order valence-electron chi connectivity index (χ4n) is 1.29. The van der Waals surface area contributed by atoms with Crippen LogP contribution >= 0.6 is 0 Å². The van der Waals surface area contributed by atoms with Gasteiger partial charge in [-0.15, -0.1) is 0 Å². The number of hydroxylamine groups is 1. The Labute approximate surface area is 69.7 Å². The summed E-state index contributed by atoms with van der Waals surface area (Å²) in [5.41, 5.74) is 2.15. The number of carbonyl (C=O) groups excluding carboxylic acids is 1. The van der Waals surface area contributed by atoms with Gasteiger partial charge < -0.3 is 5.11 Å². The predicted molar refractivity (Wildman–Crippen MR) is 39.0 cm³/mol. The van der Waals surface area contributed by atoms with Crippen LogP contribution in [0, 0.1) is 11.8 Å². The molecule has 2 N–H and O–H groups in total. The molecule has 0 aromatic carbocycles. The van der Waals surface area contributed by atoms with Crippen LogP contribution in [0.4, 0.5) is 0 Å². The Morgan fingerprint density at radius 2 is 2.33 bits per heavy atom. The van der Waals surface area contributed by atoms with E-state index >= 15 is 0 Å². The van der Waals surface area contributed by atoms with Gasteiger partial charge in [0.1, 0.15) is 0 Å². The van der Waals surface area contributed by atoms with E-state index in [0.29, 0.717) is 0 Å². The van der Waals surface area contributed by atoms with Crippen LogP contribution in [0.2, 0.25) is 0 Å². The van der Waals surface area contributed by atoms with E-state index in [1.165, 1.54) is 6.92 Å². The summed E-state index contributed by atoms with van der Waals surface area (Å²) in [6, 6.07) is 0. The van der Waals surface area contributed by atoms with Crippen molar-refractivity contribution in [2.75, 3.05) is 0 Å². The van der Waals surface area contributed by atoms with E-state index in [4.69, 9.17) is 9.94 Å². The van der Waals surface area contributed by atoms with Crippen LogP contribution in [0.3, 0.4) is 0 Å². The minimum Gasteiger partial charge on any atom is -0.481 e. The van der Waals surface area contributed by atoms with Crippen LogP contribution < -0.4 is 5.48 Å². The first-order chi connectivity index (χ1) is 5.54. The fourth-order valence-corrected chi connectivity index (χ4v) is 1.29. The summed E-state index contributed by atoms with van der Waals surface area (Å²) >= 11 is 0. The van der Waals surface area contributed by atoms with Gasteiger partial charge in [-0.05, 0) is 6.92 Å². The van der Waals surface area contributed by atoms with Crippen molar-refractivity contribution in [3.8, 4) is 0 Å². The van der Waals surface area contributed by atoms with Crippen LogP contribution in [-0.4, -0.2) is 23.1 Å². The van der Waals surface area contributed by atoms with E-state index < -0.39 is 17.8 Å². The lowest BCUT2D eigenvalue weighted by molar-refractivity contribution is -0.145. The molecule has 0 aliphatic carbocycles. The molecular formula is C7H11NO4. The number of hydrogen-bond acceptors (Lipinski definition) is 3. The van der Waals surface area contributed by atoms with Gasteiger partial charge in [0.15, 0.2) is 0 Å². The highest BCUT2D eigenvalue weighted by atomic mass is 16.7. The molecule has 1 aliphatic heterocycles. The van der Waals surface area contributed by atoms with E-state index in [9.17, 15) is 9.59 Å². The number of carboxylic acid groups (broad SMARTS) is 1. The molecule has 12 heavy (non-hydrogen) atoms. The van der Waals surface area contributed by atoms with Gasteiger partial charge in [0.25, 0.3) is 0 Å². The first kappa shape index (κ1) is 8.99. The minimum absolute atomic E-state index is 0.350. The normalized spacial score (nSPS) is 31.3. The number of amides is 1. The van der Waals surface area contributed by atoms with Crippen LogP contribution in [0.5, 0.6) is 0 Å². The highest BCUT2D eigenvalue weighted by Crippen LogP contribution is 2.22. The molecule has 0 saturated carbocycles. The first-order valence-electron chi connectivity index (χ1n) is 3.72. The third kappa shape index (κ3) is 1.40. The van der Waals surface area contributed by atoms with Gasteiger partial charge in [-0.3, -0.25) is 14.4 Å². The molecule has 0 aromatic rings. The van der Waals surface area contributed by atoms with Crippen LogP contribution in [0.1, 0.15) is 13.8 Å². The zero-order chi connectivity index (χ0) is 9.30. The molecule has 1 aliphatic rings. The van der Waals surface area contributed by atoms with Crippen molar-refractivity contribution in [3.05, 3.63) is 0 Å². The summed E-state index contributed by atoms with van der Waals surface area (Å²) in [4.78, 5) is 26.4. The molecule has 0 bridgehead atoms. The molecular weight excluding hydrogens is 162 g/mol. The number of carboxylic acids is 1. The van der Waals surface area contributed by atoms with E-state index in [2.05, 4.69) is 5.48 Å². The Kier molecular flexibility index (Phi) is 2.32. The average Bonchev–Trinajstić information content (AvgIpc) is 2.30. The lowest BCUT2D eigenvalue weighted by Crippen LogP contribution is -2.31. The molecule has 1 fully saturated rings. The summed E-state index contributed by atoms with van der Waals surface area (Å²) < 4.78 is 0. The monoisotopic (exact) mass is 173 g/mol. The second-order valence-corrected chi connectivity index (χ2v) is 2.94. The molecule has 5 heteroatoms. The van der Waals surface area contributed by atoms with Gasteiger partial charge in [0.2, 0.25) is 5.91 Å². The van der Waals surface area contributed by atoms with Gasteiger partial charge in [-0.25, -0.2) is 5.48 Å². The van der Waals surface area contributed by atoms with Crippen molar-refractivity contribution >= 4 is 11.9 Å². The lowest BCUT2D eigenvalue weighted by atomic mass is 9.90. The third-order valence-corrected chi connectivity index (χ3v) is 2.08. The largest absolute Gasteiger partial charge is 0.481 e. The molecule has 1 amide bonds. The van der Waals surface area contributed by atoms with Gasteiger partial charge in [-0.1, -0.05) is 6.92 Å². The topological polar surface area (TPSA) is 75.6 Å². The number of aliphatic carboxylic acids is 1. The van der Waals surface area contributed by atoms with Gasteiger partial charge in [0, 0.05) is 0 Å². The fraction of sp³-hybridized carbons (Fsp3) is 0.714. The number of hydrogen-bond donors (Lipinski definition) is 2. The van der Waals surface area contributed by atoms with E-state index in [1.807, 2.05) is 0 Å². The molecule has 68 valence electrons. The Balaban J connectivity index is 2.72. The second-order valence-electron chi connectivity index (χ2n) is 2.94. The maximum atomic E-state index is 11.0. The highest BCUT2D eigenvalue weighted by Gasteiger charge is 2.40. The number of carbonyl (C=O) groups is 2. The smallest absolute Gasteiger partial charge is 0.307 e. The Morgan fingerprint density at radius 1 is 1.75 bits per heavy atom. The third-order valence-electron chi connectivity index (χ3n) is 2.08. The number of rotatable bonds is 2. The molecule has 0 aromatic heterocycles. The van der Waals surface area contributed by atoms with Gasteiger partial charge in [0.05, 0.1) is 17.9 Å². The van der Waals surface area contributed by atoms with Crippen molar-refractivity contribution < 1.29 is 19.5 Å². The van der Waals surface area contributed by atoms with Crippen molar-refractivity contribution in [3.63, 3.8) is 0 Å². The Morgan fingerprint density at radius 3 is 2.67 bits per heavy atom. The first-order valence-corrected chi connectivity index (χ1v) is 3.72. The van der Waals surface area contributed by atoms with Crippen LogP contribution in [0.25, 0.3) is 0 Å². The summed E-state index contributed by atoms with van der Waals surface area (Å²) in [5.74, 6) is -2.62. The second kappa shape index (κ2) is 3.10. The molecule has 1 heterocycles. The van der Waals surface area contributed by atoms with Crippen molar-refractivity contribution in [1.82, 2.24) is 5.48 Å². The van der Waals surface area contributed by atoms with Crippen LogP contribution in [0.15, 0.2) is 0 Å². The maximum absolute atomic E-state index is 11.0. The maximum Gasteiger partial charge on any atom is 0.307 e. The summed E-state index contributed by atoms with van der Waals surface area (Å²) in [6.07, 6.45) is -0.372. The Hall–Kier alpha value is -1.10. The van der Waals surface area contributed by atoms with Crippen molar-refractivity contribution in [2.24, 2.45) is 11.8 Å². The van der Waals surface area contributed by atoms with E-state index in [0.717, 1.165) is 0 Å². The minimum atomic E-state index is -0.979. The summed E-state index contributed by atoms with van der Waals surface area (Å²) in [7, 11) is 0. The predicted octanol–water partition coefficient (Wildman–Crippen LogP) is -0.227. The zero-order valence-corrected chi connectivity index (χ0v) is 6.90. The SMILES string of the molecule is CC1ONC(=O)C1C(C)C(=O)O. The molecule has 0 radical (unpaired) electrons. The molecule has 3 unspecified atom stereocenters. The van der Waals surface area contributed by atoms with Gasteiger partial charge in [-0.2, -0.15) is 0 Å². The summed E-state index contributed by atoms with van der Waals surface area (Å²) in [5, 5.41) is 8.64. The van der Waals surface area contributed by atoms with Crippen molar-refractivity contribution in [2.45, 2.75) is 20.0 Å². The zero-order valence-electron chi connectivity index (χ0n) is 6.90. The summed E-state index contributed by atoms with van der Waals surface area (Å²) in [6.45, 7) is 3.17. The molecule has 3 atom stereocenters. The molecule has 0 spiro atoms. The van der Waals surface area contributed by atoms with E-state index in [-0.39, 0.29) is 12.0 Å². The quantitative estimate of drug-likeness (QED) is 0.605. The van der Waals surface area contributed by atoms with Crippen molar-refractivity contribution in [1.29, 1.82) is 0 Å². The lowest BCUT2D eigenvalue weighted by Gasteiger charge is -2.13. The highest BCUT2D eigenvalue weighted by molar-refractivity contribution is 5.85. The standard InChI is InChI=1S/C7H11NO4/c1-3(7(10)11)5-4(2)12-8-6(5)9/h3-5H,1-2H3,(H,8,9)(H,10,11). The molecule has 5 nitrogen and oxygen atoms in total. The van der Waals surface area contributed by atoms with Crippen LogP contribution in [-0.2, 0) is 14.4 Å². The number of nitrogens with one attached hydrogen (secondary N) is 1. The Bertz CT molecular complexity index is 215. The molecule has 1 saturated heterocycles. The van der Waals surface area contributed by atoms with E-state index in [1.54, 1.807) is 6.92 Å². The van der Waals surface area contributed by atoms with Gasteiger partial charge >= 0.3 is 5.97 Å². The molecule has 1 rings (SSSR count).